The Morgan fingerprint density at radius 1 is 1.32 bits per heavy atom. The Hall–Kier alpha value is -0.800. The molecule has 0 aromatic heterocycles. The van der Waals surface area contributed by atoms with E-state index >= 15 is 0 Å². The highest BCUT2D eigenvalue weighted by Crippen LogP contribution is 2.27. The number of halogens is 2. The van der Waals surface area contributed by atoms with Gasteiger partial charge in [-0.2, -0.15) is 0 Å². The van der Waals surface area contributed by atoms with Gasteiger partial charge in [0, 0.05) is 12.6 Å². The van der Waals surface area contributed by atoms with E-state index in [9.17, 15) is 4.39 Å². The standard InChI is InChI=1S/C15H21ClFNO/c1-11-5-7-12(8-6-11)18-9-10-19-15-13(16)3-2-4-14(15)17/h2-4,11-12,18H,5-10H2,1H3. The SMILES string of the molecule is CC1CCC(NCCOc2c(F)cccc2Cl)CC1. The summed E-state index contributed by atoms with van der Waals surface area (Å²) >= 11 is 5.89. The van der Waals surface area contributed by atoms with Crippen molar-refractivity contribution in [1.82, 2.24) is 5.32 Å². The fourth-order valence-electron chi connectivity index (χ4n) is 2.50. The molecule has 0 saturated heterocycles. The fraction of sp³-hybridized carbons (Fsp3) is 0.600. The van der Waals surface area contributed by atoms with Gasteiger partial charge in [0.1, 0.15) is 6.61 Å². The highest BCUT2D eigenvalue weighted by Gasteiger charge is 2.17. The minimum atomic E-state index is -0.404. The van der Waals surface area contributed by atoms with Crippen LogP contribution in [0.1, 0.15) is 32.6 Å². The zero-order valence-corrected chi connectivity index (χ0v) is 12.0. The molecule has 1 fully saturated rings. The lowest BCUT2D eigenvalue weighted by atomic mass is 9.87. The Balaban J connectivity index is 1.69. The molecular formula is C15H21ClFNO. The topological polar surface area (TPSA) is 21.3 Å². The number of rotatable bonds is 5. The third-order valence-electron chi connectivity index (χ3n) is 3.72. The van der Waals surface area contributed by atoms with Crippen molar-refractivity contribution >= 4 is 11.6 Å². The molecule has 1 aromatic rings. The summed E-state index contributed by atoms with van der Waals surface area (Å²) < 4.78 is 18.9. The molecule has 2 rings (SSSR count). The van der Waals surface area contributed by atoms with Gasteiger partial charge in [-0.1, -0.05) is 24.6 Å². The molecule has 0 unspecified atom stereocenters. The second kappa shape index (κ2) is 7.11. The summed E-state index contributed by atoms with van der Waals surface area (Å²) in [6, 6.07) is 5.15. The van der Waals surface area contributed by atoms with E-state index in [1.807, 2.05) is 0 Å². The summed E-state index contributed by atoms with van der Waals surface area (Å²) in [5, 5.41) is 3.79. The van der Waals surface area contributed by atoms with Crippen LogP contribution >= 0.6 is 11.6 Å². The van der Waals surface area contributed by atoms with Crippen LogP contribution in [0.4, 0.5) is 4.39 Å². The highest BCUT2D eigenvalue weighted by molar-refractivity contribution is 6.32. The van der Waals surface area contributed by atoms with Crippen LogP contribution in [-0.4, -0.2) is 19.2 Å². The van der Waals surface area contributed by atoms with E-state index in [0.29, 0.717) is 17.7 Å². The van der Waals surface area contributed by atoms with E-state index in [1.54, 1.807) is 12.1 Å². The molecule has 2 nitrogen and oxygen atoms in total. The van der Waals surface area contributed by atoms with E-state index < -0.39 is 5.82 Å². The number of para-hydroxylation sites is 1. The number of hydrogen-bond donors (Lipinski definition) is 1. The molecule has 0 radical (unpaired) electrons. The van der Waals surface area contributed by atoms with Crippen LogP contribution in [0.2, 0.25) is 5.02 Å². The molecule has 4 heteroatoms. The van der Waals surface area contributed by atoms with Crippen LogP contribution in [-0.2, 0) is 0 Å². The summed E-state index contributed by atoms with van der Waals surface area (Å²) in [4.78, 5) is 0. The third-order valence-corrected chi connectivity index (χ3v) is 4.01. The Morgan fingerprint density at radius 2 is 2.05 bits per heavy atom. The maximum absolute atomic E-state index is 13.4. The highest BCUT2D eigenvalue weighted by atomic mass is 35.5. The summed E-state index contributed by atoms with van der Waals surface area (Å²) in [5.74, 6) is 0.605. The van der Waals surface area contributed by atoms with Gasteiger partial charge < -0.3 is 10.1 Å². The van der Waals surface area contributed by atoms with Crippen LogP contribution in [0.3, 0.4) is 0 Å². The Labute approximate surface area is 119 Å². The summed E-state index contributed by atoms with van der Waals surface area (Å²) in [6.07, 6.45) is 5.03. The molecule has 0 spiro atoms. The van der Waals surface area contributed by atoms with Gasteiger partial charge in [0.25, 0.3) is 0 Å². The van der Waals surface area contributed by atoms with Crippen LogP contribution in [0.15, 0.2) is 18.2 Å². The van der Waals surface area contributed by atoms with Crippen molar-refractivity contribution < 1.29 is 9.13 Å². The Kier molecular flexibility index (Phi) is 5.46. The lowest BCUT2D eigenvalue weighted by Crippen LogP contribution is -2.35. The third kappa shape index (κ3) is 4.36. The smallest absolute Gasteiger partial charge is 0.173 e. The maximum Gasteiger partial charge on any atom is 0.173 e. The van der Waals surface area contributed by atoms with Crippen molar-refractivity contribution in [1.29, 1.82) is 0 Å². The lowest BCUT2D eigenvalue weighted by molar-refractivity contribution is 0.264. The number of ether oxygens (including phenoxy) is 1. The minimum Gasteiger partial charge on any atom is -0.488 e. The largest absolute Gasteiger partial charge is 0.488 e. The van der Waals surface area contributed by atoms with E-state index in [1.165, 1.54) is 31.7 Å². The van der Waals surface area contributed by atoms with Crippen LogP contribution in [0.25, 0.3) is 0 Å². The van der Waals surface area contributed by atoms with E-state index in [0.717, 1.165) is 12.5 Å². The molecule has 1 N–H and O–H groups in total. The van der Waals surface area contributed by atoms with Crippen LogP contribution in [0.5, 0.6) is 5.75 Å². The predicted octanol–water partition coefficient (Wildman–Crippen LogP) is 4.03. The second-order valence-electron chi connectivity index (χ2n) is 5.31. The van der Waals surface area contributed by atoms with Gasteiger partial charge in [0.15, 0.2) is 11.6 Å². The van der Waals surface area contributed by atoms with E-state index in [-0.39, 0.29) is 5.75 Å². The lowest BCUT2D eigenvalue weighted by Gasteiger charge is -2.27. The molecule has 106 valence electrons. The first kappa shape index (κ1) is 14.6. The van der Waals surface area contributed by atoms with Crippen molar-refractivity contribution in [2.75, 3.05) is 13.2 Å². The normalized spacial score (nSPS) is 23.3. The van der Waals surface area contributed by atoms with Crippen LogP contribution in [0, 0.1) is 11.7 Å². The van der Waals surface area contributed by atoms with Gasteiger partial charge in [-0.15, -0.1) is 0 Å². The predicted molar refractivity (Wildman–Crippen MR) is 76.3 cm³/mol. The molecule has 1 aromatic carbocycles. The van der Waals surface area contributed by atoms with Gasteiger partial charge in [-0.3, -0.25) is 0 Å². The quantitative estimate of drug-likeness (QED) is 0.825. The first-order valence-electron chi connectivity index (χ1n) is 6.97. The van der Waals surface area contributed by atoms with E-state index in [4.69, 9.17) is 16.3 Å². The number of benzene rings is 1. The van der Waals surface area contributed by atoms with Gasteiger partial charge in [-0.05, 0) is 43.7 Å². The zero-order chi connectivity index (χ0) is 13.7. The molecule has 19 heavy (non-hydrogen) atoms. The van der Waals surface area contributed by atoms with Crippen molar-refractivity contribution in [2.45, 2.75) is 38.6 Å². The van der Waals surface area contributed by atoms with Crippen molar-refractivity contribution in [3.8, 4) is 5.75 Å². The molecule has 1 saturated carbocycles. The Morgan fingerprint density at radius 3 is 2.74 bits per heavy atom. The fourth-order valence-corrected chi connectivity index (χ4v) is 2.72. The van der Waals surface area contributed by atoms with Gasteiger partial charge in [0.05, 0.1) is 5.02 Å². The number of nitrogens with one attached hydrogen (secondary N) is 1. The van der Waals surface area contributed by atoms with Crippen LogP contribution < -0.4 is 10.1 Å². The van der Waals surface area contributed by atoms with Gasteiger partial charge in [-0.25, -0.2) is 4.39 Å². The van der Waals surface area contributed by atoms with Crippen molar-refractivity contribution in [3.05, 3.63) is 29.0 Å². The molecule has 1 aliphatic carbocycles. The molecule has 1 aliphatic rings. The summed E-state index contributed by atoms with van der Waals surface area (Å²) in [5.41, 5.74) is 0. The van der Waals surface area contributed by atoms with Crippen molar-refractivity contribution in [3.63, 3.8) is 0 Å². The van der Waals surface area contributed by atoms with Gasteiger partial charge >= 0.3 is 0 Å². The first-order valence-corrected chi connectivity index (χ1v) is 7.35. The van der Waals surface area contributed by atoms with Crippen molar-refractivity contribution in [2.24, 2.45) is 5.92 Å². The minimum absolute atomic E-state index is 0.156. The number of hydrogen-bond acceptors (Lipinski definition) is 2. The van der Waals surface area contributed by atoms with Gasteiger partial charge in [0.2, 0.25) is 0 Å². The molecule has 0 bridgehead atoms. The first-order chi connectivity index (χ1) is 9.16. The van der Waals surface area contributed by atoms with E-state index in [2.05, 4.69) is 12.2 Å². The summed E-state index contributed by atoms with van der Waals surface area (Å²) in [7, 11) is 0. The average Bonchev–Trinajstić information content (AvgIpc) is 2.39. The Bertz CT molecular complexity index is 385. The zero-order valence-electron chi connectivity index (χ0n) is 11.3. The molecule has 0 aliphatic heterocycles. The summed E-state index contributed by atoms with van der Waals surface area (Å²) in [6.45, 7) is 3.47. The molecule has 0 atom stereocenters. The molecule has 0 heterocycles. The monoisotopic (exact) mass is 285 g/mol. The molecule has 0 amide bonds. The molecular weight excluding hydrogens is 265 g/mol. The average molecular weight is 286 g/mol. The maximum atomic E-state index is 13.4. The second-order valence-corrected chi connectivity index (χ2v) is 5.72.